The number of rotatable bonds is 4. The molecule has 10 heteroatoms. The molecule has 0 amide bonds. The fraction of sp³-hybridized carbons (Fsp3) is 0.300. The monoisotopic (exact) mass is 504 g/mol. The minimum absolute atomic E-state index is 0. The van der Waals surface area contributed by atoms with E-state index in [9.17, 15) is 0 Å². The summed E-state index contributed by atoms with van der Waals surface area (Å²) in [5.41, 5.74) is 2.00. The van der Waals surface area contributed by atoms with Crippen molar-refractivity contribution in [2.24, 2.45) is 0 Å². The molecule has 0 N–H and O–H groups in total. The molecule has 2 aliphatic rings. The van der Waals surface area contributed by atoms with E-state index >= 15 is 0 Å². The van der Waals surface area contributed by atoms with Crippen molar-refractivity contribution in [2.75, 3.05) is 0 Å². The zero-order chi connectivity index (χ0) is 20.4. The first kappa shape index (κ1) is 24.5. The molecule has 2 saturated carbocycles. The van der Waals surface area contributed by atoms with Gasteiger partial charge in [0.05, 0.1) is 28.8 Å². The molecular weight excluding hydrogens is 490 g/mol. The average Bonchev–Trinajstić information content (AvgIpc) is 3.61. The van der Waals surface area contributed by atoms with Gasteiger partial charge in [0, 0.05) is 34.1 Å². The van der Waals surface area contributed by atoms with E-state index in [1.807, 2.05) is 6.07 Å². The first-order valence-electron chi connectivity index (χ1n) is 9.14. The van der Waals surface area contributed by atoms with Gasteiger partial charge in [0.2, 0.25) is 0 Å². The summed E-state index contributed by atoms with van der Waals surface area (Å²) in [5, 5.41) is 2.58. The van der Waals surface area contributed by atoms with Gasteiger partial charge in [-0.05, 0) is 31.7 Å². The molecule has 0 bridgehead atoms. The van der Waals surface area contributed by atoms with Gasteiger partial charge in [-0.25, -0.2) is 9.97 Å². The van der Waals surface area contributed by atoms with Crippen LogP contribution in [0.3, 0.4) is 0 Å². The topological polar surface area (TPSA) is 51.6 Å². The first-order valence-corrected chi connectivity index (χ1v) is 11.5. The molecule has 2 aliphatic carbocycles. The van der Waals surface area contributed by atoms with Gasteiger partial charge in [0.15, 0.2) is 0 Å². The van der Waals surface area contributed by atoms with Crippen molar-refractivity contribution in [3.05, 3.63) is 63.5 Å². The number of hydrogen-bond donors (Lipinski definition) is 0. The molecule has 0 atom stereocenters. The van der Waals surface area contributed by atoms with E-state index in [2.05, 4.69) is 19.9 Å². The van der Waals surface area contributed by atoms with Gasteiger partial charge >= 0.3 is 29.6 Å². The number of nitrogens with zero attached hydrogens (tertiary/aromatic N) is 4. The van der Waals surface area contributed by atoms with Crippen molar-refractivity contribution < 1.29 is 29.6 Å². The fourth-order valence-electron chi connectivity index (χ4n) is 2.71. The van der Waals surface area contributed by atoms with Crippen LogP contribution in [0.1, 0.15) is 48.9 Å². The van der Waals surface area contributed by atoms with Crippen molar-refractivity contribution in [2.45, 2.75) is 52.3 Å². The number of pyridine rings is 2. The largest absolute Gasteiger partial charge is 1.00 e. The standard InChI is InChI=1S/C12H9Cl2N3S.C8H8ClNS.Na/c13-9-5-17-10(6-16-9)18-8-3-4-15-12(11(8)14)7-1-2-7;9-7-6(11)3-4-10-8(7)5-1-2-5;/h3-7H,1-2H2;3-5H,1-2H2,(H,10,11);/q;;+1/p-1. The minimum Gasteiger partial charge on any atom is -0.778 e. The normalized spacial score (nSPS) is 15.0. The molecule has 0 saturated heterocycles. The maximum absolute atomic E-state index is 6.37. The van der Waals surface area contributed by atoms with Gasteiger partial charge in [0.1, 0.15) is 10.2 Å². The molecule has 4 nitrogen and oxygen atoms in total. The SMILES string of the molecule is Clc1cnc(Sc2ccnc(C3CC3)c2Cl)cn1.[Na+].[S-]c1ccnc(C2CC2)c1Cl. The van der Waals surface area contributed by atoms with E-state index in [4.69, 9.17) is 47.4 Å². The van der Waals surface area contributed by atoms with Gasteiger partial charge in [-0.1, -0.05) is 52.6 Å². The van der Waals surface area contributed by atoms with E-state index < -0.39 is 0 Å². The van der Waals surface area contributed by atoms with E-state index in [1.165, 1.54) is 43.6 Å². The Morgan fingerprint density at radius 3 is 1.97 bits per heavy atom. The van der Waals surface area contributed by atoms with Gasteiger partial charge < -0.3 is 12.6 Å². The summed E-state index contributed by atoms with van der Waals surface area (Å²) in [6, 6.07) is 3.67. The maximum Gasteiger partial charge on any atom is 1.00 e. The van der Waals surface area contributed by atoms with E-state index in [0.29, 0.717) is 22.0 Å². The molecule has 3 heterocycles. The molecule has 3 aromatic heterocycles. The Balaban J connectivity index is 0.000000184. The van der Waals surface area contributed by atoms with Crippen LogP contribution in [0.2, 0.25) is 15.2 Å². The van der Waals surface area contributed by atoms with Crippen LogP contribution in [-0.2, 0) is 12.6 Å². The Hall–Kier alpha value is -0.180. The minimum atomic E-state index is 0. The van der Waals surface area contributed by atoms with Crippen molar-refractivity contribution in [1.82, 2.24) is 19.9 Å². The van der Waals surface area contributed by atoms with E-state index in [1.54, 1.807) is 24.7 Å². The van der Waals surface area contributed by atoms with Gasteiger partial charge in [-0.3, -0.25) is 9.97 Å². The second-order valence-corrected chi connectivity index (χ2v) is 9.49. The third-order valence-corrected chi connectivity index (χ3v) is 7.03. The van der Waals surface area contributed by atoms with Crippen molar-refractivity contribution in [1.29, 1.82) is 0 Å². The van der Waals surface area contributed by atoms with Crippen LogP contribution in [-0.4, -0.2) is 19.9 Å². The van der Waals surface area contributed by atoms with Crippen LogP contribution in [0.25, 0.3) is 0 Å². The van der Waals surface area contributed by atoms with Gasteiger partial charge in [0.25, 0.3) is 0 Å². The molecular formula is C20H16Cl3N4NaS2. The van der Waals surface area contributed by atoms with Gasteiger partial charge in [-0.15, -0.1) is 0 Å². The van der Waals surface area contributed by atoms with Crippen molar-refractivity contribution >= 4 is 59.2 Å². The smallest absolute Gasteiger partial charge is 0.778 e. The van der Waals surface area contributed by atoms with Crippen LogP contribution in [0.4, 0.5) is 0 Å². The summed E-state index contributed by atoms with van der Waals surface area (Å²) in [6.07, 6.45) is 11.5. The summed E-state index contributed by atoms with van der Waals surface area (Å²) in [6.45, 7) is 0. The Bertz CT molecular complexity index is 1020. The number of aromatic nitrogens is 4. The Labute approximate surface area is 222 Å². The van der Waals surface area contributed by atoms with E-state index in [0.717, 1.165) is 31.2 Å². The number of hydrogen-bond acceptors (Lipinski definition) is 6. The van der Waals surface area contributed by atoms with E-state index in [-0.39, 0.29) is 29.6 Å². The Kier molecular flexibility index (Phi) is 9.05. The van der Waals surface area contributed by atoms with Crippen LogP contribution in [0.5, 0.6) is 0 Å². The van der Waals surface area contributed by atoms with Crippen LogP contribution in [0.15, 0.2) is 51.7 Å². The summed E-state index contributed by atoms with van der Waals surface area (Å²) in [7, 11) is 0. The molecule has 150 valence electrons. The molecule has 0 aliphatic heterocycles. The molecule has 0 unspecified atom stereocenters. The molecule has 5 rings (SSSR count). The van der Waals surface area contributed by atoms with Gasteiger partial charge in [-0.2, -0.15) is 4.90 Å². The maximum atomic E-state index is 6.37. The molecule has 0 aromatic carbocycles. The predicted molar refractivity (Wildman–Crippen MR) is 119 cm³/mol. The second-order valence-electron chi connectivity index (χ2n) is 6.84. The van der Waals surface area contributed by atoms with Crippen LogP contribution < -0.4 is 29.6 Å². The summed E-state index contributed by atoms with van der Waals surface area (Å²) in [5.74, 6) is 1.12. The molecule has 0 spiro atoms. The van der Waals surface area contributed by atoms with Crippen molar-refractivity contribution in [3.63, 3.8) is 0 Å². The average molecular weight is 506 g/mol. The third kappa shape index (κ3) is 6.42. The molecule has 30 heavy (non-hydrogen) atoms. The zero-order valence-corrected chi connectivity index (χ0v) is 22.1. The number of halogens is 3. The summed E-state index contributed by atoms with van der Waals surface area (Å²) >= 11 is 24.5. The van der Waals surface area contributed by atoms with Crippen molar-refractivity contribution in [3.8, 4) is 0 Å². The van der Waals surface area contributed by atoms with Crippen LogP contribution in [0, 0.1) is 0 Å². The Morgan fingerprint density at radius 2 is 1.40 bits per heavy atom. The third-order valence-electron chi connectivity index (χ3n) is 4.50. The second kappa shape index (κ2) is 11.1. The zero-order valence-electron chi connectivity index (χ0n) is 16.2. The predicted octanol–water partition coefficient (Wildman–Crippen LogP) is 3.73. The fourth-order valence-corrected chi connectivity index (χ4v) is 4.38. The van der Waals surface area contributed by atoms with Crippen LogP contribution >= 0.6 is 46.6 Å². The molecule has 2 fully saturated rings. The Morgan fingerprint density at radius 1 is 0.800 bits per heavy atom. The molecule has 3 aromatic rings. The summed E-state index contributed by atoms with van der Waals surface area (Å²) < 4.78 is 0. The quantitative estimate of drug-likeness (QED) is 0.398. The first-order chi connectivity index (χ1) is 14.0. The summed E-state index contributed by atoms with van der Waals surface area (Å²) in [4.78, 5) is 18.4. The molecule has 0 radical (unpaired) electrons.